The molecule has 0 saturated heterocycles. The number of rotatable bonds is 10. The van der Waals surface area contributed by atoms with E-state index in [1.54, 1.807) is 0 Å². The highest BCUT2D eigenvalue weighted by molar-refractivity contribution is 5.69. The second-order valence-corrected chi connectivity index (χ2v) is 5.68. The average molecular weight is 258 g/mol. The van der Waals surface area contributed by atoms with Crippen molar-refractivity contribution >= 4 is 5.97 Å². The first kappa shape index (κ1) is 17.4. The van der Waals surface area contributed by atoms with Crippen molar-refractivity contribution in [3.8, 4) is 0 Å². The molecule has 0 unspecified atom stereocenters. The van der Waals surface area contributed by atoms with Crippen LogP contribution in [0.3, 0.4) is 0 Å². The number of hydrogen-bond donors (Lipinski definition) is 1. The van der Waals surface area contributed by atoms with Gasteiger partial charge in [-0.05, 0) is 45.3 Å². The van der Waals surface area contributed by atoms with Crippen molar-refractivity contribution in [1.82, 2.24) is 4.90 Å². The molecule has 0 amide bonds. The summed E-state index contributed by atoms with van der Waals surface area (Å²) in [5.74, 6) is -0.103. The number of unbranched alkanes of at least 4 members (excludes halogenated alkanes) is 1. The maximum absolute atomic E-state index is 11.2. The van der Waals surface area contributed by atoms with Gasteiger partial charge in [-0.15, -0.1) is 0 Å². The Morgan fingerprint density at radius 2 is 1.94 bits per heavy atom. The molecule has 0 atom stereocenters. The number of ether oxygens (including phenoxy) is 1. The van der Waals surface area contributed by atoms with E-state index in [0.717, 1.165) is 32.5 Å². The molecule has 18 heavy (non-hydrogen) atoms. The summed E-state index contributed by atoms with van der Waals surface area (Å²) in [6.07, 6.45) is 3.99. The smallest absolute Gasteiger partial charge is 0.307 e. The third kappa shape index (κ3) is 9.42. The van der Waals surface area contributed by atoms with Crippen molar-refractivity contribution in [3.05, 3.63) is 0 Å². The third-order valence-electron chi connectivity index (χ3n) is 3.20. The first-order chi connectivity index (χ1) is 8.41. The van der Waals surface area contributed by atoms with Crippen LogP contribution < -0.4 is 5.73 Å². The van der Waals surface area contributed by atoms with Gasteiger partial charge in [0.05, 0.1) is 13.0 Å². The molecule has 4 nitrogen and oxygen atoms in total. The van der Waals surface area contributed by atoms with E-state index in [9.17, 15) is 4.79 Å². The molecule has 0 saturated carbocycles. The fraction of sp³-hybridized carbons (Fsp3) is 0.929. The van der Waals surface area contributed by atoms with Crippen LogP contribution in [-0.4, -0.2) is 44.2 Å². The molecule has 0 aromatic rings. The minimum absolute atomic E-state index is 0.103. The molecule has 0 bridgehead atoms. The molecule has 0 spiro atoms. The minimum atomic E-state index is -0.103. The van der Waals surface area contributed by atoms with Crippen LogP contribution in [-0.2, 0) is 9.53 Å². The first-order valence-electron chi connectivity index (χ1n) is 6.95. The summed E-state index contributed by atoms with van der Waals surface area (Å²) in [6.45, 7) is 9.26. The lowest BCUT2D eigenvalue weighted by Gasteiger charge is -2.23. The van der Waals surface area contributed by atoms with Gasteiger partial charge < -0.3 is 15.4 Å². The highest BCUT2D eigenvalue weighted by atomic mass is 16.5. The predicted molar refractivity (Wildman–Crippen MR) is 75.4 cm³/mol. The lowest BCUT2D eigenvalue weighted by Crippen LogP contribution is -2.25. The zero-order chi connectivity index (χ0) is 14.0. The zero-order valence-electron chi connectivity index (χ0n) is 12.5. The van der Waals surface area contributed by atoms with Gasteiger partial charge >= 0.3 is 5.97 Å². The molecular formula is C14H30N2O2. The Kier molecular flexibility index (Phi) is 9.02. The standard InChI is InChI=1S/C14H30N2O2/c1-5-18-13(17)8-11-16(4)10-7-6-9-14(2,3)12-15/h5-12,15H2,1-4H3. The van der Waals surface area contributed by atoms with Crippen LogP contribution in [0.4, 0.5) is 0 Å². The van der Waals surface area contributed by atoms with Crippen LogP contribution >= 0.6 is 0 Å². The molecule has 2 N–H and O–H groups in total. The monoisotopic (exact) mass is 258 g/mol. The van der Waals surface area contributed by atoms with E-state index < -0.39 is 0 Å². The van der Waals surface area contributed by atoms with Crippen LogP contribution in [0.25, 0.3) is 0 Å². The third-order valence-corrected chi connectivity index (χ3v) is 3.20. The Hall–Kier alpha value is -0.610. The first-order valence-corrected chi connectivity index (χ1v) is 6.95. The maximum Gasteiger partial charge on any atom is 0.307 e. The molecule has 0 aliphatic rings. The van der Waals surface area contributed by atoms with Crippen molar-refractivity contribution in [3.63, 3.8) is 0 Å². The topological polar surface area (TPSA) is 55.6 Å². The molecule has 0 aliphatic heterocycles. The lowest BCUT2D eigenvalue weighted by atomic mass is 9.87. The second kappa shape index (κ2) is 9.34. The molecule has 4 heteroatoms. The number of hydrogen-bond acceptors (Lipinski definition) is 4. The Bertz CT molecular complexity index is 230. The van der Waals surface area contributed by atoms with E-state index in [1.165, 1.54) is 6.42 Å². The molecule has 0 aromatic heterocycles. The molecule has 0 rings (SSSR count). The number of nitrogens with zero attached hydrogens (tertiary/aromatic N) is 1. The molecule has 0 aliphatic carbocycles. The largest absolute Gasteiger partial charge is 0.466 e. The van der Waals surface area contributed by atoms with Crippen molar-refractivity contribution in [2.75, 3.05) is 33.3 Å². The van der Waals surface area contributed by atoms with Crippen molar-refractivity contribution in [2.24, 2.45) is 11.1 Å². The summed E-state index contributed by atoms with van der Waals surface area (Å²) in [5, 5.41) is 0. The van der Waals surface area contributed by atoms with Gasteiger partial charge in [0.25, 0.3) is 0 Å². The van der Waals surface area contributed by atoms with Crippen molar-refractivity contribution < 1.29 is 9.53 Å². The van der Waals surface area contributed by atoms with Gasteiger partial charge in [0.1, 0.15) is 0 Å². The van der Waals surface area contributed by atoms with E-state index in [0.29, 0.717) is 13.0 Å². The minimum Gasteiger partial charge on any atom is -0.466 e. The number of carbonyl (C=O) groups excluding carboxylic acids is 1. The van der Waals surface area contributed by atoms with E-state index >= 15 is 0 Å². The van der Waals surface area contributed by atoms with Gasteiger partial charge in [-0.2, -0.15) is 0 Å². The molecule has 0 radical (unpaired) electrons. The van der Waals surface area contributed by atoms with Crippen molar-refractivity contribution in [2.45, 2.75) is 46.5 Å². The normalized spacial score (nSPS) is 11.9. The van der Waals surface area contributed by atoms with Gasteiger partial charge in [-0.1, -0.05) is 20.3 Å². The van der Waals surface area contributed by atoms with E-state index in [-0.39, 0.29) is 11.4 Å². The van der Waals surface area contributed by atoms with Gasteiger partial charge in [0.15, 0.2) is 0 Å². The van der Waals surface area contributed by atoms with Crippen LogP contribution in [0.15, 0.2) is 0 Å². The molecular weight excluding hydrogens is 228 g/mol. The molecule has 0 heterocycles. The quantitative estimate of drug-likeness (QED) is 0.481. The summed E-state index contributed by atoms with van der Waals surface area (Å²) >= 11 is 0. The Labute approximate surface area is 112 Å². The van der Waals surface area contributed by atoms with Crippen LogP contribution in [0, 0.1) is 5.41 Å². The number of nitrogens with two attached hydrogens (primary N) is 1. The summed E-state index contributed by atoms with van der Waals surface area (Å²) in [6, 6.07) is 0. The van der Waals surface area contributed by atoms with Crippen LogP contribution in [0.2, 0.25) is 0 Å². The van der Waals surface area contributed by atoms with Crippen molar-refractivity contribution in [1.29, 1.82) is 0 Å². The Morgan fingerprint density at radius 3 is 2.50 bits per heavy atom. The lowest BCUT2D eigenvalue weighted by molar-refractivity contribution is -0.143. The summed E-state index contributed by atoms with van der Waals surface area (Å²) < 4.78 is 4.90. The van der Waals surface area contributed by atoms with E-state index in [2.05, 4.69) is 18.7 Å². The summed E-state index contributed by atoms with van der Waals surface area (Å²) in [7, 11) is 2.05. The zero-order valence-corrected chi connectivity index (χ0v) is 12.5. The van der Waals surface area contributed by atoms with Crippen LogP contribution in [0.1, 0.15) is 46.5 Å². The summed E-state index contributed by atoms with van der Waals surface area (Å²) in [4.78, 5) is 13.4. The van der Waals surface area contributed by atoms with Gasteiger partial charge in [-0.25, -0.2) is 0 Å². The van der Waals surface area contributed by atoms with Crippen LogP contribution in [0.5, 0.6) is 0 Å². The number of esters is 1. The summed E-state index contributed by atoms with van der Waals surface area (Å²) in [5.41, 5.74) is 5.95. The molecule has 108 valence electrons. The van der Waals surface area contributed by atoms with Gasteiger partial charge in [0, 0.05) is 6.54 Å². The maximum atomic E-state index is 11.2. The Morgan fingerprint density at radius 1 is 1.28 bits per heavy atom. The SMILES string of the molecule is CCOC(=O)CCN(C)CCCCC(C)(C)CN. The fourth-order valence-corrected chi connectivity index (χ4v) is 1.71. The fourth-order valence-electron chi connectivity index (χ4n) is 1.71. The predicted octanol–water partition coefficient (Wildman–Crippen LogP) is 2.03. The highest BCUT2D eigenvalue weighted by Crippen LogP contribution is 2.21. The molecule has 0 aromatic carbocycles. The van der Waals surface area contributed by atoms with E-state index in [1.807, 2.05) is 14.0 Å². The average Bonchev–Trinajstić information content (AvgIpc) is 2.32. The van der Waals surface area contributed by atoms with E-state index in [4.69, 9.17) is 10.5 Å². The van der Waals surface area contributed by atoms with Gasteiger partial charge in [0.2, 0.25) is 0 Å². The highest BCUT2D eigenvalue weighted by Gasteiger charge is 2.14. The molecule has 0 fully saturated rings. The number of carbonyl (C=O) groups is 1. The Balaban J connectivity index is 3.53. The van der Waals surface area contributed by atoms with Gasteiger partial charge in [-0.3, -0.25) is 4.79 Å². The second-order valence-electron chi connectivity index (χ2n) is 5.68.